The molecule has 0 saturated heterocycles. The third kappa shape index (κ3) is 3.45. The van der Waals surface area contributed by atoms with E-state index < -0.39 is 5.54 Å². The van der Waals surface area contributed by atoms with Gasteiger partial charge in [-0.3, -0.25) is 4.79 Å². The Morgan fingerprint density at radius 1 is 1.44 bits per heavy atom. The van der Waals surface area contributed by atoms with Crippen LogP contribution in [0.1, 0.15) is 53.4 Å². The lowest BCUT2D eigenvalue weighted by Crippen LogP contribution is -2.51. The van der Waals surface area contributed by atoms with E-state index in [-0.39, 0.29) is 17.7 Å². The minimum atomic E-state index is -0.544. The largest absolute Gasteiger partial charge is 0.468 e. The molecule has 18 heavy (non-hydrogen) atoms. The number of esters is 1. The molecule has 1 saturated carbocycles. The number of ether oxygens (including phenoxy) is 2. The Balaban J connectivity index is 2.68. The number of hydrogen-bond donors (Lipinski definition) is 1. The van der Waals surface area contributed by atoms with Gasteiger partial charge in [-0.15, -0.1) is 0 Å². The lowest BCUT2D eigenvalue weighted by atomic mass is 9.97. The third-order valence-electron chi connectivity index (χ3n) is 3.90. The van der Waals surface area contributed by atoms with Gasteiger partial charge in [0.1, 0.15) is 5.54 Å². The minimum Gasteiger partial charge on any atom is -0.468 e. The summed E-state index contributed by atoms with van der Waals surface area (Å²) < 4.78 is 11.0. The molecule has 0 aliphatic heterocycles. The molecule has 0 radical (unpaired) electrons. The molecule has 1 fully saturated rings. The number of carbonyl (C=O) groups is 1. The minimum absolute atomic E-state index is 0.122. The highest BCUT2D eigenvalue weighted by Crippen LogP contribution is 2.35. The predicted molar refractivity (Wildman–Crippen MR) is 71.5 cm³/mol. The first-order valence-electron chi connectivity index (χ1n) is 6.90. The molecule has 0 aromatic heterocycles. The van der Waals surface area contributed by atoms with Crippen LogP contribution < -0.4 is 5.32 Å². The maximum atomic E-state index is 12.0. The molecule has 1 N–H and O–H groups in total. The summed E-state index contributed by atoms with van der Waals surface area (Å²) in [7, 11) is 1.45. The van der Waals surface area contributed by atoms with Gasteiger partial charge in [0.15, 0.2) is 0 Å². The van der Waals surface area contributed by atoms with Crippen molar-refractivity contribution in [2.24, 2.45) is 0 Å². The summed E-state index contributed by atoms with van der Waals surface area (Å²) in [6.07, 6.45) is 3.51. The van der Waals surface area contributed by atoms with Crippen LogP contribution in [-0.4, -0.2) is 36.9 Å². The standard InChI is InChI=1S/C14H27NO3/c1-6-13(3,4)18-11-8-9-14(10-11,15-7-2)12(16)17-5/h11,15H,6-10H2,1-5H3. The van der Waals surface area contributed by atoms with Crippen LogP contribution in [0.4, 0.5) is 0 Å². The summed E-state index contributed by atoms with van der Waals surface area (Å²) in [5, 5.41) is 3.29. The molecule has 0 amide bonds. The number of methoxy groups -OCH3 is 1. The lowest BCUT2D eigenvalue weighted by Gasteiger charge is -2.30. The van der Waals surface area contributed by atoms with E-state index in [1.54, 1.807) is 0 Å². The Kier molecular flexibility index (Phi) is 5.17. The SMILES string of the molecule is CCNC1(C(=O)OC)CCC(OC(C)(C)CC)C1. The van der Waals surface area contributed by atoms with Gasteiger partial charge >= 0.3 is 5.97 Å². The van der Waals surface area contributed by atoms with Gasteiger partial charge in [0.2, 0.25) is 0 Å². The van der Waals surface area contributed by atoms with E-state index in [2.05, 4.69) is 26.1 Å². The van der Waals surface area contributed by atoms with Crippen LogP contribution >= 0.6 is 0 Å². The molecule has 2 unspecified atom stereocenters. The van der Waals surface area contributed by atoms with Gasteiger partial charge in [-0.1, -0.05) is 13.8 Å². The first kappa shape index (κ1) is 15.4. The second-order valence-corrected chi connectivity index (χ2v) is 5.70. The van der Waals surface area contributed by atoms with Crippen LogP contribution in [0.3, 0.4) is 0 Å². The number of nitrogens with one attached hydrogen (secondary N) is 1. The second kappa shape index (κ2) is 6.02. The van der Waals surface area contributed by atoms with E-state index in [1.807, 2.05) is 6.92 Å². The zero-order valence-corrected chi connectivity index (χ0v) is 12.3. The summed E-state index contributed by atoms with van der Waals surface area (Å²) in [5.74, 6) is -0.162. The van der Waals surface area contributed by atoms with Crippen LogP contribution in [0.5, 0.6) is 0 Å². The van der Waals surface area contributed by atoms with Crippen molar-refractivity contribution in [1.29, 1.82) is 0 Å². The van der Waals surface area contributed by atoms with E-state index in [4.69, 9.17) is 9.47 Å². The molecule has 4 nitrogen and oxygen atoms in total. The average molecular weight is 257 g/mol. The number of hydrogen-bond acceptors (Lipinski definition) is 4. The molecule has 0 bridgehead atoms. The second-order valence-electron chi connectivity index (χ2n) is 5.70. The van der Waals surface area contributed by atoms with Crippen molar-refractivity contribution in [3.8, 4) is 0 Å². The van der Waals surface area contributed by atoms with Gasteiger partial charge < -0.3 is 14.8 Å². The van der Waals surface area contributed by atoms with Gasteiger partial charge in [0.05, 0.1) is 18.8 Å². The topological polar surface area (TPSA) is 47.6 Å². The number of rotatable bonds is 6. The van der Waals surface area contributed by atoms with E-state index in [1.165, 1.54) is 7.11 Å². The lowest BCUT2D eigenvalue weighted by molar-refractivity contribution is -0.149. The molecule has 0 aromatic carbocycles. The Morgan fingerprint density at radius 2 is 2.11 bits per heavy atom. The number of carbonyl (C=O) groups excluding carboxylic acids is 1. The summed E-state index contributed by atoms with van der Waals surface area (Å²) in [5.41, 5.74) is -0.666. The smallest absolute Gasteiger partial charge is 0.326 e. The Morgan fingerprint density at radius 3 is 2.61 bits per heavy atom. The fourth-order valence-electron chi connectivity index (χ4n) is 2.59. The Hall–Kier alpha value is -0.610. The van der Waals surface area contributed by atoms with E-state index in [0.717, 1.165) is 25.8 Å². The molecule has 0 heterocycles. The van der Waals surface area contributed by atoms with E-state index >= 15 is 0 Å². The van der Waals surface area contributed by atoms with E-state index in [9.17, 15) is 4.79 Å². The maximum absolute atomic E-state index is 12.0. The van der Waals surface area contributed by atoms with Gasteiger partial charge in [0.25, 0.3) is 0 Å². The van der Waals surface area contributed by atoms with Gasteiger partial charge in [-0.2, -0.15) is 0 Å². The molecule has 1 aliphatic carbocycles. The highest BCUT2D eigenvalue weighted by atomic mass is 16.5. The van der Waals surface area contributed by atoms with Crippen molar-refractivity contribution >= 4 is 5.97 Å². The van der Waals surface area contributed by atoms with Crippen LogP contribution in [0.25, 0.3) is 0 Å². The van der Waals surface area contributed by atoms with E-state index in [0.29, 0.717) is 6.42 Å². The first-order chi connectivity index (χ1) is 8.39. The molecule has 1 aliphatic rings. The summed E-state index contributed by atoms with van der Waals surface area (Å²) in [4.78, 5) is 12.0. The van der Waals surface area contributed by atoms with Crippen molar-refractivity contribution in [1.82, 2.24) is 5.32 Å². The fourth-order valence-corrected chi connectivity index (χ4v) is 2.59. The summed E-state index contributed by atoms with van der Waals surface area (Å²) in [6.45, 7) is 9.08. The highest BCUT2D eigenvalue weighted by Gasteiger charge is 2.47. The van der Waals surface area contributed by atoms with Crippen LogP contribution in [-0.2, 0) is 14.3 Å². The maximum Gasteiger partial charge on any atom is 0.326 e. The van der Waals surface area contributed by atoms with Crippen molar-refractivity contribution in [2.75, 3.05) is 13.7 Å². The van der Waals surface area contributed by atoms with Crippen molar-refractivity contribution in [2.45, 2.75) is 70.6 Å². The predicted octanol–water partition coefficient (Wildman–Crippen LogP) is 2.27. The summed E-state index contributed by atoms with van der Waals surface area (Å²) in [6, 6.07) is 0. The third-order valence-corrected chi connectivity index (χ3v) is 3.90. The fraction of sp³-hybridized carbons (Fsp3) is 0.929. The van der Waals surface area contributed by atoms with Crippen LogP contribution in [0.15, 0.2) is 0 Å². The average Bonchev–Trinajstić information content (AvgIpc) is 2.72. The monoisotopic (exact) mass is 257 g/mol. The molecular weight excluding hydrogens is 230 g/mol. The van der Waals surface area contributed by atoms with Crippen molar-refractivity contribution < 1.29 is 14.3 Å². The molecule has 0 aromatic rings. The molecule has 1 rings (SSSR count). The Bertz CT molecular complexity index is 291. The molecule has 4 heteroatoms. The van der Waals surface area contributed by atoms with Crippen LogP contribution in [0, 0.1) is 0 Å². The van der Waals surface area contributed by atoms with Gasteiger partial charge in [-0.05, 0) is 39.7 Å². The first-order valence-corrected chi connectivity index (χ1v) is 6.90. The zero-order chi connectivity index (χ0) is 13.8. The number of likely N-dealkylation sites (N-methyl/N-ethyl adjacent to an activating group) is 1. The quantitative estimate of drug-likeness (QED) is 0.742. The zero-order valence-electron chi connectivity index (χ0n) is 12.3. The van der Waals surface area contributed by atoms with Gasteiger partial charge in [0, 0.05) is 6.42 Å². The van der Waals surface area contributed by atoms with Crippen molar-refractivity contribution in [3.63, 3.8) is 0 Å². The van der Waals surface area contributed by atoms with Crippen LogP contribution in [0.2, 0.25) is 0 Å². The Labute approximate surface area is 110 Å². The normalized spacial score (nSPS) is 28.4. The molecule has 0 spiro atoms. The highest BCUT2D eigenvalue weighted by molar-refractivity contribution is 5.81. The molecule has 106 valence electrons. The van der Waals surface area contributed by atoms with Crippen molar-refractivity contribution in [3.05, 3.63) is 0 Å². The van der Waals surface area contributed by atoms with Gasteiger partial charge in [-0.25, -0.2) is 0 Å². The molecule has 2 atom stereocenters. The summed E-state index contributed by atoms with van der Waals surface area (Å²) >= 11 is 0. The molecular formula is C14H27NO3.